The van der Waals surface area contributed by atoms with Crippen LogP contribution >= 0.6 is 11.3 Å². The summed E-state index contributed by atoms with van der Waals surface area (Å²) in [5.41, 5.74) is 0.410. The van der Waals surface area contributed by atoms with E-state index in [4.69, 9.17) is 14.1 Å². The SMILES string of the molecule is CC(C)(CO[Si](c1ccccc1)(c1ccccc1)C(C)(C)C)c1csc(CC(=O)C(C)(C)S(=O)(=O)C2CCOCC2)n1. The van der Waals surface area contributed by atoms with Gasteiger partial charge in [-0.2, -0.15) is 0 Å². The number of carbonyl (C=O) groups is 1. The zero-order valence-corrected chi connectivity index (χ0v) is 28.6. The van der Waals surface area contributed by atoms with Crippen LogP contribution in [0, 0.1) is 0 Å². The zero-order chi connectivity index (χ0) is 30.8. The summed E-state index contributed by atoms with van der Waals surface area (Å²) >= 11 is 1.41. The van der Waals surface area contributed by atoms with Gasteiger partial charge < -0.3 is 9.16 Å². The maximum atomic E-state index is 13.4. The molecule has 0 aliphatic carbocycles. The molecule has 4 rings (SSSR count). The molecule has 3 aromatic rings. The monoisotopic (exact) mass is 627 g/mol. The van der Waals surface area contributed by atoms with Gasteiger partial charge in [0.05, 0.1) is 17.4 Å². The molecule has 0 unspecified atom stereocenters. The Labute approximate surface area is 256 Å². The first-order chi connectivity index (χ1) is 19.6. The molecule has 2 heterocycles. The molecule has 6 nitrogen and oxygen atoms in total. The van der Waals surface area contributed by atoms with Gasteiger partial charge in [-0.15, -0.1) is 11.3 Å². The summed E-state index contributed by atoms with van der Waals surface area (Å²) in [6.45, 7) is 15.4. The van der Waals surface area contributed by atoms with E-state index in [1.54, 1.807) is 0 Å². The molecule has 2 aromatic carbocycles. The van der Waals surface area contributed by atoms with Crippen LogP contribution in [0.15, 0.2) is 66.0 Å². The highest BCUT2D eigenvalue weighted by Gasteiger charge is 2.51. The van der Waals surface area contributed by atoms with Gasteiger partial charge in [-0.3, -0.25) is 4.79 Å². The van der Waals surface area contributed by atoms with E-state index in [1.807, 2.05) is 17.5 Å². The standard InChI is InChI=1S/C33H45NO5S2Si/c1-31(2,3)42(26-14-10-8-11-15-26,27-16-12-9-13-17-27)39-24-32(4,5)28-23-40-30(34-28)22-29(35)33(6,7)41(36,37)25-18-20-38-21-19-25/h8-17,23,25H,18-22,24H2,1-7H3. The van der Waals surface area contributed by atoms with Crippen molar-refractivity contribution in [2.24, 2.45) is 0 Å². The maximum absolute atomic E-state index is 13.4. The lowest BCUT2D eigenvalue weighted by Gasteiger charge is -2.44. The first kappa shape index (κ1) is 32.7. The minimum atomic E-state index is -3.66. The maximum Gasteiger partial charge on any atom is 0.261 e. The third-order valence-electron chi connectivity index (χ3n) is 8.61. The fourth-order valence-electron chi connectivity index (χ4n) is 5.74. The number of thiazole rings is 1. The number of aromatic nitrogens is 1. The van der Waals surface area contributed by atoms with E-state index in [-0.39, 0.29) is 17.2 Å². The third-order valence-corrected chi connectivity index (χ3v) is 17.4. The molecule has 1 aromatic heterocycles. The van der Waals surface area contributed by atoms with E-state index in [0.717, 1.165) is 5.69 Å². The molecule has 0 spiro atoms. The minimum Gasteiger partial charge on any atom is -0.406 e. The van der Waals surface area contributed by atoms with Crippen molar-refractivity contribution in [3.63, 3.8) is 0 Å². The number of carbonyl (C=O) groups excluding carboxylic acids is 1. The molecule has 1 saturated heterocycles. The number of sulfone groups is 1. The first-order valence-electron chi connectivity index (χ1n) is 14.7. The van der Waals surface area contributed by atoms with E-state index in [9.17, 15) is 13.2 Å². The van der Waals surface area contributed by atoms with Gasteiger partial charge in [0.2, 0.25) is 0 Å². The Morgan fingerprint density at radius 1 is 0.929 bits per heavy atom. The Bertz CT molecular complexity index is 1420. The van der Waals surface area contributed by atoms with E-state index >= 15 is 0 Å². The molecule has 0 radical (unpaired) electrons. The van der Waals surface area contributed by atoms with Crippen LogP contribution < -0.4 is 10.4 Å². The number of rotatable bonds is 11. The summed E-state index contributed by atoms with van der Waals surface area (Å²) in [4.78, 5) is 18.3. The normalized spacial score (nSPS) is 16.0. The average Bonchev–Trinajstić information content (AvgIpc) is 3.44. The lowest BCUT2D eigenvalue weighted by Crippen LogP contribution is -2.67. The largest absolute Gasteiger partial charge is 0.406 e. The highest BCUT2D eigenvalue weighted by Crippen LogP contribution is 2.38. The molecular formula is C33H45NO5S2Si. The Balaban J connectivity index is 1.57. The van der Waals surface area contributed by atoms with Crippen molar-refractivity contribution < 1.29 is 22.4 Å². The molecule has 0 amide bonds. The van der Waals surface area contributed by atoms with Crippen LogP contribution in [0.4, 0.5) is 0 Å². The molecule has 1 aliphatic rings. The summed E-state index contributed by atoms with van der Waals surface area (Å²) in [5, 5.41) is 4.36. The second-order valence-corrected chi connectivity index (χ2v) is 21.5. The minimum absolute atomic E-state index is 0.00817. The van der Waals surface area contributed by atoms with Crippen LogP contribution in [-0.2, 0) is 35.6 Å². The third kappa shape index (κ3) is 6.36. The summed E-state index contributed by atoms with van der Waals surface area (Å²) in [7, 11) is -6.39. The fraction of sp³-hybridized carbons (Fsp3) is 0.515. The van der Waals surface area contributed by atoms with Crippen LogP contribution in [0.3, 0.4) is 0 Å². The highest BCUT2D eigenvalue weighted by molar-refractivity contribution is 7.94. The van der Waals surface area contributed by atoms with Gasteiger partial charge in [0.15, 0.2) is 15.6 Å². The molecule has 0 bridgehead atoms. The lowest BCUT2D eigenvalue weighted by molar-refractivity contribution is -0.120. The van der Waals surface area contributed by atoms with Gasteiger partial charge >= 0.3 is 0 Å². The summed E-state index contributed by atoms with van der Waals surface area (Å²) in [5.74, 6) is -0.323. The predicted octanol–water partition coefficient (Wildman–Crippen LogP) is 5.48. The van der Waals surface area contributed by atoms with Gasteiger partial charge in [0.1, 0.15) is 9.75 Å². The van der Waals surface area contributed by atoms with Crippen molar-refractivity contribution in [3.05, 3.63) is 76.7 Å². The molecule has 0 N–H and O–H groups in total. The number of nitrogens with zero attached hydrogens (tertiary/aromatic N) is 1. The number of hydrogen-bond acceptors (Lipinski definition) is 7. The molecule has 1 fully saturated rings. The zero-order valence-electron chi connectivity index (χ0n) is 26.0. The van der Waals surface area contributed by atoms with E-state index < -0.39 is 33.6 Å². The van der Waals surface area contributed by atoms with Gasteiger partial charge in [-0.25, -0.2) is 13.4 Å². The van der Waals surface area contributed by atoms with Crippen LogP contribution in [-0.4, -0.2) is 57.3 Å². The number of hydrogen-bond donors (Lipinski definition) is 0. The first-order valence-corrected chi connectivity index (χ1v) is 19.0. The van der Waals surface area contributed by atoms with E-state index in [0.29, 0.717) is 37.7 Å². The molecule has 42 heavy (non-hydrogen) atoms. The smallest absolute Gasteiger partial charge is 0.261 e. The highest BCUT2D eigenvalue weighted by atomic mass is 32.2. The van der Waals surface area contributed by atoms with Crippen LogP contribution in [0.2, 0.25) is 5.04 Å². The number of Topliss-reactive ketones (excluding diaryl/α,β-unsaturated/α-hetero) is 1. The summed E-state index contributed by atoms with van der Waals surface area (Å²) < 4.78 is 37.8. The Hall–Kier alpha value is -2.17. The van der Waals surface area contributed by atoms with E-state index in [2.05, 4.69) is 83.1 Å². The van der Waals surface area contributed by atoms with Crippen LogP contribution in [0.25, 0.3) is 0 Å². The van der Waals surface area contributed by atoms with Gasteiger partial charge in [0, 0.05) is 30.6 Å². The van der Waals surface area contributed by atoms with Crippen molar-refractivity contribution in [3.8, 4) is 0 Å². The van der Waals surface area contributed by atoms with Crippen molar-refractivity contribution in [2.45, 2.75) is 88.2 Å². The molecule has 228 valence electrons. The van der Waals surface area contributed by atoms with Crippen molar-refractivity contribution in [1.82, 2.24) is 4.98 Å². The molecule has 0 saturated carbocycles. The number of benzene rings is 2. The van der Waals surface area contributed by atoms with Crippen molar-refractivity contribution in [2.75, 3.05) is 19.8 Å². The van der Waals surface area contributed by atoms with Crippen molar-refractivity contribution >= 4 is 45.6 Å². The number of ether oxygens (including phenoxy) is 1. The summed E-state index contributed by atoms with van der Waals surface area (Å²) in [6, 6.07) is 21.1. The van der Waals surface area contributed by atoms with E-state index in [1.165, 1.54) is 35.6 Å². The Kier molecular flexibility index (Phi) is 9.70. The molecule has 0 atom stereocenters. The van der Waals surface area contributed by atoms with Crippen LogP contribution in [0.1, 0.15) is 72.0 Å². The quantitative estimate of drug-likeness (QED) is 0.262. The number of ketones is 1. The van der Waals surface area contributed by atoms with Crippen LogP contribution in [0.5, 0.6) is 0 Å². The van der Waals surface area contributed by atoms with Gasteiger partial charge in [0.25, 0.3) is 8.32 Å². The topological polar surface area (TPSA) is 82.6 Å². The van der Waals surface area contributed by atoms with Crippen molar-refractivity contribution in [1.29, 1.82) is 0 Å². The second kappa shape index (κ2) is 12.4. The summed E-state index contributed by atoms with van der Waals surface area (Å²) in [6.07, 6.45) is 0.853. The Morgan fingerprint density at radius 2 is 1.45 bits per heavy atom. The average molecular weight is 628 g/mol. The Morgan fingerprint density at radius 3 is 1.95 bits per heavy atom. The van der Waals surface area contributed by atoms with Gasteiger partial charge in [-0.05, 0) is 42.1 Å². The predicted molar refractivity (Wildman–Crippen MR) is 174 cm³/mol. The molecular weight excluding hydrogens is 583 g/mol. The second-order valence-electron chi connectivity index (χ2n) is 13.4. The molecule has 9 heteroatoms. The molecule has 1 aliphatic heterocycles. The fourth-order valence-corrected chi connectivity index (χ4v) is 13.5. The van der Waals surface area contributed by atoms with Gasteiger partial charge in [-0.1, -0.05) is 95.3 Å². The lowest BCUT2D eigenvalue weighted by atomic mass is 9.91.